The van der Waals surface area contributed by atoms with Crippen molar-refractivity contribution in [1.82, 2.24) is 58.6 Å². The number of nitrogens with zero attached hydrogens (tertiary/aromatic N) is 15. The van der Waals surface area contributed by atoms with Crippen molar-refractivity contribution in [2.24, 2.45) is 0 Å². The van der Waals surface area contributed by atoms with Crippen molar-refractivity contribution in [1.29, 1.82) is 0 Å². The third-order valence-electron chi connectivity index (χ3n) is 15.7. The summed E-state index contributed by atoms with van der Waals surface area (Å²) in [6.07, 6.45) is -6.99. The van der Waals surface area contributed by atoms with Crippen LogP contribution in [0.25, 0.3) is 33.5 Å². The lowest BCUT2D eigenvalue weighted by atomic mass is 10.1. The van der Waals surface area contributed by atoms with Crippen LogP contribution in [0.5, 0.6) is 0 Å². The Balaban J connectivity index is 0.000000250. The Bertz CT molecular complexity index is 4500. The Morgan fingerprint density at radius 1 is 0.535 bits per heavy atom. The van der Waals surface area contributed by atoms with E-state index in [0.717, 1.165) is 0 Å². The quantitative estimate of drug-likeness (QED) is 0.0310. The highest BCUT2D eigenvalue weighted by molar-refractivity contribution is 8.09. The molecule has 4 N–H and O–H groups in total. The number of hydrogen-bond acceptors (Lipinski definition) is 24. The molecule has 3 aromatic carbocycles. The highest BCUT2D eigenvalue weighted by Gasteiger charge is 2.54. The van der Waals surface area contributed by atoms with Gasteiger partial charge in [-0.3, -0.25) is 42.8 Å². The number of aliphatic hydroxyl groups is 2. The van der Waals surface area contributed by atoms with Crippen molar-refractivity contribution >= 4 is 103 Å². The van der Waals surface area contributed by atoms with Gasteiger partial charge < -0.3 is 33.5 Å². The number of carbonyl (C=O) groups excluding carboxylic acids is 3. The molecule has 9 heterocycles. The third kappa shape index (κ3) is 15.0. The highest BCUT2D eigenvalue weighted by atomic mass is 32.5. The Morgan fingerprint density at radius 3 is 1.17 bits per heavy atom. The Kier molecular flexibility index (Phi) is 22.8. The molecule has 3 amide bonds. The summed E-state index contributed by atoms with van der Waals surface area (Å²) >= 11 is 5.67. The van der Waals surface area contributed by atoms with Crippen LogP contribution in [0.2, 0.25) is 0 Å². The lowest BCUT2D eigenvalue weighted by Crippen LogP contribution is -2.34. The average Bonchev–Trinajstić information content (AvgIpc) is 1.64. The fourth-order valence-electron chi connectivity index (χ4n) is 11.3. The molecule has 31 nitrogen and oxygen atoms in total. The normalized spacial score (nSPS) is 23.6. The fourth-order valence-corrected chi connectivity index (χ4v) is 13.9. The van der Waals surface area contributed by atoms with Gasteiger partial charge in [-0.05, 0) is 48.2 Å². The summed E-state index contributed by atoms with van der Waals surface area (Å²) in [6.45, 7) is 7.39. The molecule has 0 aliphatic carbocycles. The first-order valence-corrected chi connectivity index (χ1v) is 35.3. The van der Waals surface area contributed by atoms with Crippen LogP contribution in [0.3, 0.4) is 0 Å². The van der Waals surface area contributed by atoms with Crippen LogP contribution in [0.4, 0.5) is 30.6 Å². The van der Waals surface area contributed by atoms with E-state index in [1.807, 2.05) is 0 Å². The molecule has 3 aliphatic rings. The molecular weight excluding hydrogens is 1380 g/mol. The maximum absolute atomic E-state index is 16.6. The molecule has 38 heteroatoms. The van der Waals surface area contributed by atoms with Gasteiger partial charge in [0.25, 0.3) is 17.7 Å². The van der Waals surface area contributed by atoms with Gasteiger partial charge in [0.1, 0.15) is 43.4 Å². The lowest BCUT2D eigenvalue weighted by Gasteiger charge is -2.26. The topological polar surface area (TPSA) is 371 Å². The summed E-state index contributed by atoms with van der Waals surface area (Å²) in [5.41, 5.74) is 1.98. The summed E-state index contributed by atoms with van der Waals surface area (Å²) in [4.78, 5) is 102. The summed E-state index contributed by atoms with van der Waals surface area (Å²) in [6, 6.07) is 25.5. The van der Waals surface area contributed by atoms with Gasteiger partial charge >= 0.3 is 16.5 Å². The zero-order valence-corrected chi connectivity index (χ0v) is 55.4. The number of amides is 3. The predicted molar refractivity (Wildman–Crippen MR) is 352 cm³/mol. The van der Waals surface area contributed by atoms with E-state index in [2.05, 4.69) is 64.6 Å². The zero-order valence-electron chi connectivity index (χ0n) is 51.9. The number of rotatable bonds is 26. The van der Waals surface area contributed by atoms with Crippen molar-refractivity contribution in [2.45, 2.75) is 73.8 Å². The molecule has 9 aromatic rings. The summed E-state index contributed by atoms with van der Waals surface area (Å²) in [5.74, 6) is -0.717. The molecule has 0 radical (unpaired) electrons. The van der Waals surface area contributed by atoms with Crippen molar-refractivity contribution in [3.8, 4) is 0 Å². The fraction of sp³-hybridized carbons (Fsp3) is 0.311. The Labute approximate surface area is 566 Å². The number of carbonyl (C=O) groups is 3. The largest absolute Gasteiger partial charge is 0.695 e. The highest BCUT2D eigenvalue weighted by Crippen LogP contribution is 2.52. The number of halogens is 3. The first-order valence-electron chi connectivity index (χ1n) is 29.9. The zero-order chi connectivity index (χ0) is 70.2. The van der Waals surface area contributed by atoms with Gasteiger partial charge in [0.05, 0.1) is 38.8 Å². The van der Waals surface area contributed by atoms with E-state index in [4.69, 9.17) is 49.0 Å². The number of benzene rings is 3. The molecule has 12 rings (SSSR count). The predicted octanol–water partition coefficient (Wildman–Crippen LogP) is 7.09. The second-order valence-corrected chi connectivity index (χ2v) is 27.3. The number of aromatic nitrogens is 12. The molecule has 3 saturated heterocycles. The molecule has 3 fully saturated rings. The summed E-state index contributed by atoms with van der Waals surface area (Å²) in [7, 11) is -6.47. The van der Waals surface area contributed by atoms with Crippen LogP contribution in [0.1, 0.15) is 49.8 Å². The van der Waals surface area contributed by atoms with Crippen molar-refractivity contribution in [3.63, 3.8) is 0 Å². The molecular formula is C61H61F3N15O16P3S+2. The molecule has 15 atom stereocenters. The van der Waals surface area contributed by atoms with Gasteiger partial charge in [-0.2, -0.15) is 0 Å². The van der Waals surface area contributed by atoms with E-state index in [9.17, 15) is 38.6 Å². The van der Waals surface area contributed by atoms with E-state index < -0.39 is 123 Å². The first-order chi connectivity index (χ1) is 47.8. The maximum Gasteiger partial charge on any atom is 0.695 e. The lowest BCUT2D eigenvalue weighted by molar-refractivity contribution is -0.0477. The van der Waals surface area contributed by atoms with Crippen LogP contribution < -0.4 is 14.7 Å². The van der Waals surface area contributed by atoms with Crippen molar-refractivity contribution < 1.29 is 89.0 Å². The molecule has 3 aliphatic heterocycles. The van der Waals surface area contributed by atoms with Gasteiger partial charge in [-0.15, -0.1) is 38.6 Å². The minimum absolute atomic E-state index is 0.0440. The monoisotopic (exact) mass is 1440 g/mol. The van der Waals surface area contributed by atoms with Crippen LogP contribution in [0.15, 0.2) is 167 Å². The Morgan fingerprint density at radius 2 is 0.848 bits per heavy atom. The van der Waals surface area contributed by atoms with E-state index in [1.165, 1.54) is 91.3 Å². The van der Waals surface area contributed by atoms with Gasteiger partial charge in [0, 0.05) is 52.1 Å². The average molecular weight is 1440 g/mol. The molecule has 6 aromatic heterocycles. The smallest absolute Gasteiger partial charge is 0.394 e. The van der Waals surface area contributed by atoms with E-state index in [0.29, 0.717) is 16.7 Å². The minimum atomic E-state index is -3.54. The van der Waals surface area contributed by atoms with E-state index in [1.54, 1.807) is 91.0 Å². The SMILES string of the molecule is C=CCN(C(=O)c1ccccc1)c1ncnc2c1ncn2C1O[C@H](CO)[C@@H](O[P+](=O)O)[C@H]1F.C=CCN(C(=O)c1ccccc1)c1ncnc2c1ncn2[C@@H]1O[C@H](COP(C)(=S)O[C@H]2[C@@H](F)[C@H](n3cnc4c(N(CC=C)C(=O)c5ccccc5)ncnc43)O[C@@H]2CO)[C@@H](O[P+](=O)O)[C@H]1F. The maximum atomic E-state index is 16.6. The minimum Gasteiger partial charge on any atom is -0.394 e. The van der Waals surface area contributed by atoms with E-state index in [-0.39, 0.29) is 82.4 Å². The second kappa shape index (κ2) is 31.6. The molecule has 0 spiro atoms. The van der Waals surface area contributed by atoms with Crippen LogP contribution >= 0.6 is 23.0 Å². The molecule has 0 bridgehead atoms. The number of alkyl halides is 3. The van der Waals surface area contributed by atoms with Gasteiger partial charge in [0.2, 0.25) is 0 Å². The summed E-state index contributed by atoms with van der Waals surface area (Å²) in [5, 5.41) is 19.8. The van der Waals surface area contributed by atoms with E-state index >= 15 is 13.2 Å². The van der Waals surface area contributed by atoms with Gasteiger partial charge in [-0.1, -0.05) is 72.8 Å². The van der Waals surface area contributed by atoms with Crippen molar-refractivity contribution in [2.75, 3.05) is 60.8 Å². The molecule has 4 unspecified atom stereocenters. The first kappa shape index (κ1) is 71.4. The number of imidazole rings is 3. The third-order valence-corrected chi connectivity index (χ3v) is 18.4. The van der Waals surface area contributed by atoms with Gasteiger partial charge in [-0.25, -0.2) is 58.0 Å². The van der Waals surface area contributed by atoms with Gasteiger partial charge in [0.15, 0.2) is 107 Å². The standard InChI is InChI=1S/C41H40F2N10O10P2S.C20H19FN5O6P/c1-4-16-50(38(55)24-12-8-6-9-13-24)34-30-36(46-20-44-34)52(22-48-30)40-28(42)32(62-64(57)58)27(61-40)19-59-65(3,66)63-33-26(18-54)60-41(29(33)43)53-23-49-31-35(45-21-47-37(31)53)51(17-5-2)39(56)25-14-10-7-11-15-25;1-2-8-25(19(28)12-6-4-3-5-7-12)17-15-18(23-10-22-17)26(11-24-15)20-14(21)16(32-33(29)30)13(9-27)31-20/h4-15,20-23,26-29,32-33,40-41,54H,1-2,16-19H2,3H3;2-7,10-11,13-14,16,20,27H,1,8-9H2/p+2/t26-,27-,28-,29-,32-,33-,40-,41-,65?;13-,14-,16-,20?/m11/s1. The number of aliphatic hydroxyl groups excluding tert-OH is 2. The number of fused-ring (bicyclic) bond motifs is 3. The number of ether oxygens (including phenoxy) is 3. The van der Waals surface area contributed by atoms with Crippen LogP contribution in [-0.4, -0.2) is 198 Å². The van der Waals surface area contributed by atoms with Crippen molar-refractivity contribution in [3.05, 3.63) is 184 Å². The molecule has 99 heavy (non-hydrogen) atoms. The summed E-state index contributed by atoms with van der Waals surface area (Å²) < 4.78 is 114. The van der Waals surface area contributed by atoms with Crippen LogP contribution in [0, 0.1) is 0 Å². The molecule has 516 valence electrons. The van der Waals surface area contributed by atoms with Crippen LogP contribution in [-0.2, 0) is 53.2 Å². The number of anilines is 3. The second-order valence-electron chi connectivity index (χ2n) is 21.9. The molecule has 0 saturated carbocycles. The Hall–Kier alpha value is -8.86. The number of hydrogen-bond donors (Lipinski definition) is 4.